The highest BCUT2D eigenvalue weighted by molar-refractivity contribution is 5.94. The highest BCUT2D eigenvalue weighted by Crippen LogP contribution is 2.31. The molecule has 0 aliphatic carbocycles. The molecule has 1 aliphatic rings. The molecule has 0 spiro atoms. The van der Waals surface area contributed by atoms with Gasteiger partial charge in [-0.05, 0) is 38.0 Å². The maximum absolute atomic E-state index is 12.6. The Kier molecular flexibility index (Phi) is 3.51. The summed E-state index contributed by atoms with van der Waals surface area (Å²) in [6, 6.07) is 5.27. The zero-order chi connectivity index (χ0) is 14.8. The summed E-state index contributed by atoms with van der Waals surface area (Å²) in [5.41, 5.74) is 1.80. The van der Waals surface area contributed by atoms with E-state index < -0.39 is 0 Å². The number of aromatic amines is 1. The van der Waals surface area contributed by atoms with Crippen molar-refractivity contribution in [2.24, 2.45) is 0 Å². The fraction of sp³-hybridized carbons (Fsp3) is 0.333. The average molecular weight is 284 g/mol. The Labute approximate surface area is 121 Å². The Balaban J connectivity index is 1.88. The van der Waals surface area contributed by atoms with Crippen molar-refractivity contribution >= 4 is 5.91 Å². The van der Waals surface area contributed by atoms with Gasteiger partial charge in [0.1, 0.15) is 0 Å². The molecule has 6 nitrogen and oxygen atoms in total. The van der Waals surface area contributed by atoms with Crippen molar-refractivity contribution in [1.29, 1.82) is 0 Å². The molecule has 3 rings (SSSR count). The van der Waals surface area contributed by atoms with E-state index in [9.17, 15) is 9.59 Å². The van der Waals surface area contributed by atoms with Crippen LogP contribution < -0.4 is 5.69 Å². The van der Waals surface area contributed by atoms with Crippen LogP contribution in [0.1, 0.15) is 40.6 Å². The molecule has 1 aliphatic heterocycles. The fourth-order valence-corrected chi connectivity index (χ4v) is 2.67. The van der Waals surface area contributed by atoms with Gasteiger partial charge in [0.15, 0.2) is 0 Å². The van der Waals surface area contributed by atoms with Gasteiger partial charge in [0, 0.05) is 30.3 Å². The van der Waals surface area contributed by atoms with Crippen LogP contribution in [0.25, 0.3) is 0 Å². The van der Waals surface area contributed by atoms with Crippen LogP contribution >= 0.6 is 0 Å². The van der Waals surface area contributed by atoms with E-state index in [1.54, 1.807) is 23.2 Å². The quantitative estimate of drug-likeness (QED) is 0.905. The van der Waals surface area contributed by atoms with Crippen molar-refractivity contribution in [2.75, 3.05) is 6.54 Å². The Morgan fingerprint density at radius 3 is 2.90 bits per heavy atom. The molecule has 1 saturated heterocycles. The number of nitrogens with one attached hydrogen (secondary N) is 1. The van der Waals surface area contributed by atoms with Gasteiger partial charge in [-0.1, -0.05) is 0 Å². The predicted octanol–water partition coefficient (Wildman–Crippen LogP) is 1.45. The van der Waals surface area contributed by atoms with Crippen LogP contribution in [0.5, 0.6) is 0 Å². The van der Waals surface area contributed by atoms with E-state index in [2.05, 4.69) is 15.0 Å². The number of carbonyl (C=O) groups excluding carboxylic acids is 1. The van der Waals surface area contributed by atoms with Gasteiger partial charge in [0.25, 0.3) is 5.91 Å². The molecule has 3 heterocycles. The highest BCUT2D eigenvalue weighted by Gasteiger charge is 2.31. The van der Waals surface area contributed by atoms with E-state index in [1.807, 2.05) is 13.0 Å². The number of amides is 1. The van der Waals surface area contributed by atoms with E-state index in [1.165, 1.54) is 6.20 Å². The summed E-state index contributed by atoms with van der Waals surface area (Å²) < 4.78 is 0. The first-order valence-corrected chi connectivity index (χ1v) is 6.94. The molecule has 0 unspecified atom stereocenters. The Hall–Kier alpha value is -2.50. The minimum absolute atomic E-state index is 0.0531. The molecule has 2 aromatic rings. The second-order valence-electron chi connectivity index (χ2n) is 5.18. The molecule has 0 aromatic carbocycles. The number of pyridine rings is 1. The van der Waals surface area contributed by atoms with Gasteiger partial charge in [-0.3, -0.25) is 9.78 Å². The summed E-state index contributed by atoms with van der Waals surface area (Å²) in [5, 5.41) is 0. The van der Waals surface area contributed by atoms with Crippen LogP contribution in [0, 0.1) is 6.92 Å². The molecular weight excluding hydrogens is 268 g/mol. The topological polar surface area (TPSA) is 79.0 Å². The summed E-state index contributed by atoms with van der Waals surface area (Å²) in [5.74, 6) is -0.0531. The second-order valence-corrected chi connectivity index (χ2v) is 5.18. The van der Waals surface area contributed by atoms with Crippen molar-refractivity contribution in [3.63, 3.8) is 0 Å². The lowest BCUT2D eigenvalue weighted by Crippen LogP contribution is -2.32. The van der Waals surface area contributed by atoms with E-state index >= 15 is 0 Å². The number of hydrogen-bond acceptors (Lipinski definition) is 4. The van der Waals surface area contributed by atoms with Crippen LogP contribution in [-0.2, 0) is 0 Å². The third-order valence-electron chi connectivity index (χ3n) is 3.73. The molecule has 1 fully saturated rings. The molecule has 108 valence electrons. The summed E-state index contributed by atoms with van der Waals surface area (Å²) in [6.45, 7) is 2.57. The number of likely N-dealkylation sites (tertiary alicyclic amines) is 1. The van der Waals surface area contributed by atoms with Crippen LogP contribution in [0.15, 0.2) is 35.4 Å². The molecule has 21 heavy (non-hydrogen) atoms. The lowest BCUT2D eigenvalue weighted by atomic mass is 10.1. The van der Waals surface area contributed by atoms with Crippen LogP contribution in [0.3, 0.4) is 0 Å². The van der Waals surface area contributed by atoms with Gasteiger partial charge < -0.3 is 9.88 Å². The summed E-state index contributed by atoms with van der Waals surface area (Å²) in [7, 11) is 0. The highest BCUT2D eigenvalue weighted by atomic mass is 16.2. The molecule has 0 radical (unpaired) electrons. The lowest BCUT2D eigenvalue weighted by Gasteiger charge is -2.24. The van der Waals surface area contributed by atoms with Crippen molar-refractivity contribution in [3.8, 4) is 0 Å². The van der Waals surface area contributed by atoms with Crippen LogP contribution in [0.2, 0.25) is 0 Å². The van der Waals surface area contributed by atoms with E-state index in [0.29, 0.717) is 12.1 Å². The monoisotopic (exact) mass is 284 g/mol. The van der Waals surface area contributed by atoms with Gasteiger partial charge in [0.2, 0.25) is 0 Å². The van der Waals surface area contributed by atoms with Gasteiger partial charge >= 0.3 is 5.69 Å². The predicted molar refractivity (Wildman–Crippen MR) is 76.8 cm³/mol. The zero-order valence-electron chi connectivity index (χ0n) is 11.7. The first kappa shape index (κ1) is 13.5. The third-order valence-corrected chi connectivity index (χ3v) is 3.73. The normalized spacial score (nSPS) is 18.0. The number of H-pyrrole nitrogens is 1. The molecule has 1 N–H and O–H groups in total. The first-order valence-electron chi connectivity index (χ1n) is 6.94. The number of carbonyl (C=O) groups is 1. The number of hydrogen-bond donors (Lipinski definition) is 1. The average Bonchev–Trinajstić information content (AvgIpc) is 2.97. The second kappa shape index (κ2) is 5.47. The van der Waals surface area contributed by atoms with Crippen LogP contribution in [-0.4, -0.2) is 32.3 Å². The molecule has 0 saturated carbocycles. The lowest BCUT2D eigenvalue weighted by molar-refractivity contribution is 0.0732. The summed E-state index contributed by atoms with van der Waals surface area (Å²) >= 11 is 0. The number of nitrogens with zero attached hydrogens (tertiary/aromatic N) is 3. The molecule has 1 atom stereocenters. The summed E-state index contributed by atoms with van der Waals surface area (Å²) in [4.78, 5) is 36.3. The largest absolute Gasteiger partial charge is 0.345 e. The van der Waals surface area contributed by atoms with E-state index in [0.717, 1.165) is 24.2 Å². The number of rotatable bonds is 2. The van der Waals surface area contributed by atoms with Gasteiger partial charge in [-0.2, -0.15) is 0 Å². The first-order chi connectivity index (χ1) is 10.1. The zero-order valence-corrected chi connectivity index (χ0v) is 11.7. The Morgan fingerprint density at radius 2 is 2.19 bits per heavy atom. The Morgan fingerprint density at radius 1 is 1.33 bits per heavy atom. The summed E-state index contributed by atoms with van der Waals surface area (Å²) in [6.07, 6.45) is 4.83. The molecule has 1 amide bonds. The van der Waals surface area contributed by atoms with Gasteiger partial charge in [-0.25, -0.2) is 9.78 Å². The smallest absolute Gasteiger partial charge is 0.330 e. The standard InChI is InChI=1S/C15H16N4O2/c1-10-4-5-11(9-17-10)14(20)19-8-2-3-13(19)12-6-7-16-15(21)18-12/h4-7,9,13H,2-3,8H2,1H3,(H,16,18,21)/t13-/m1/s1. The van der Waals surface area contributed by atoms with Crippen molar-refractivity contribution in [3.05, 3.63) is 58.0 Å². The molecule has 6 heteroatoms. The van der Waals surface area contributed by atoms with Crippen LogP contribution in [0.4, 0.5) is 0 Å². The van der Waals surface area contributed by atoms with E-state index in [-0.39, 0.29) is 17.6 Å². The SMILES string of the molecule is Cc1ccc(C(=O)N2CCC[C@@H]2c2ccnc(=O)[nH]2)cn1. The van der Waals surface area contributed by atoms with Crippen molar-refractivity contribution < 1.29 is 4.79 Å². The Bertz CT molecular complexity index is 708. The maximum Gasteiger partial charge on any atom is 0.345 e. The van der Waals surface area contributed by atoms with Gasteiger partial charge in [0.05, 0.1) is 11.6 Å². The number of aromatic nitrogens is 3. The molecular formula is C15H16N4O2. The minimum atomic E-state index is -0.385. The minimum Gasteiger partial charge on any atom is -0.330 e. The molecule has 2 aromatic heterocycles. The fourth-order valence-electron chi connectivity index (χ4n) is 2.67. The van der Waals surface area contributed by atoms with Gasteiger partial charge in [-0.15, -0.1) is 0 Å². The maximum atomic E-state index is 12.6. The van der Waals surface area contributed by atoms with Crippen molar-refractivity contribution in [1.82, 2.24) is 19.9 Å². The van der Waals surface area contributed by atoms with E-state index in [4.69, 9.17) is 0 Å². The third kappa shape index (κ3) is 2.69. The molecule has 0 bridgehead atoms. The number of aryl methyl sites for hydroxylation is 1. The van der Waals surface area contributed by atoms with Crippen molar-refractivity contribution in [2.45, 2.75) is 25.8 Å².